The van der Waals surface area contributed by atoms with Crippen molar-refractivity contribution in [3.05, 3.63) is 54.1 Å². The number of methoxy groups -OCH3 is 2. The van der Waals surface area contributed by atoms with Crippen LogP contribution in [-0.4, -0.2) is 47.1 Å². The number of halogens is 2. The Morgan fingerprint density at radius 2 is 1.84 bits per heavy atom. The van der Waals surface area contributed by atoms with Gasteiger partial charge in [0.05, 0.1) is 30.5 Å². The van der Waals surface area contributed by atoms with Gasteiger partial charge in [0, 0.05) is 25.3 Å². The predicted octanol–water partition coefficient (Wildman–Crippen LogP) is 3.41. The number of ether oxygens (including phenoxy) is 2. The topological polar surface area (TPSA) is 100 Å². The molecule has 0 saturated heterocycles. The zero-order valence-electron chi connectivity index (χ0n) is 16.9. The molecule has 0 radical (unpaired) electrons. The molecular formula is C21H20F2N6O2. The third kappa shape index (κ3) is 3.97. The van der Waals surface area contributed by atoms with E-state index in [0.717, 1.165) is 0 Å². The smallest absolute Gasteiger partial charge is 0.225 e. The Balaban J connectivity index is 1.92. The molecule has 0 unspecified atom stereocenters. The lowest BCUT2D eigenvalue weighted by Crippen LogP contribution is -2.11. The number of rotatable bonds is 7. The first-order valence-electron chi connectivity index (χ1n) is 9.40. The standard InChI is InChI=1S/C21H20F2N6O2/c1-30-10-9-25-21-26-18(15-8-7-14(31-2)11-16(15)23)17-19(24)29(28-20(17)27-21)13-5-3-12(22)4-6-13/h3-8,11H,9-10,24H2,1-2H3,(H,25,27,28). The van der Waals surface area contributed by atoms with E-state index < -0.39 is 5.82 Å². The fourth-order valence-electron chi connectivity index (χ4n) is 3.14. The van der Waals surface area contributed by atoms with Crippen molar-refractivity contribution in [2.45, 2.75) is 0 Å². The summed E-state index contributed by atoms with van der Waals surface area (Å²) < 4.78 is 39.8. The van der Waals surface area contributed by atoms with Crippen molar-refractivity contribution in [3.63, 3.8) is 0 Å². The summed E-state index contributed by atoms with van der Waals surface area (Å²) in [4.78, 5) is 8.90. The van der Waals surface area contributed by atoms with E-state index in [-0.39, 0.29) is 34.5 Å². The van der Waals surface area contributed by atoms with Crippen LogP contribution in [0.3, 0.4) is 0 Å². The van der Waals surface area contributed by atoms with E-state index in [2.05, 4.69) is 20.4 Å². The average Bonchev–Trinajstić information content (AvgIpc) is 3.10. The summed E-state index contributed by atoms with van der Waals surface area (Å²) in [6, 6.07) is 10.1. The number of nitrogens with two attached hydrogens (primary N) is 1. The van der Waals surface area contributed by atoms with Gasteiger partial charge in [-0.1, -0.05) is 0 Å². The number of aromatic nitrogens is 4. The SMILES string of the molecule is COCCNc1nc(-c2ccc(OC)cc2F)c2c(N)n(-c3ccc(F)cc3)nc2n1. The van der Waals surface area contributed by atoms with Gasteiger partial charge in [-0.25, -0.2) is 18.4 Å². The minimum absolute atomic E-state index is 0.204. The van der Waals surface area contributed by atoms with Crippen LogP contribution in [0.25, 0.3) is 28.0 Å². The van der Waals surface area contributed by atoms with Gasteiger partial charge in [0.2, 0.25) is 5.95 Å². The first-order chi connectivity index (χ1) is 15.0. The summed E-state index contributed by atoms with van der Waals surface area (Å²) in [5, 5.41) is 7.86. The monoisotopic (exact) mass is 426 g/mol. The van der Waals surface area contributed by atoms with E-state index in [1.807, 2.05) is 0 Å². The Morgan fingerprint density at radius 1 is 1.06 bits per heavy atom. The van der Waals surface area contributed by atoms with Crippen molar-refractivity contribution in [3.8, 4) is 22.7 Å². The molecule has 2 aromatic heterocycles. The second-order valence-corrected chi connectivity index (χ2v) is 6.63. The molecular weight excluding hydrogens is 406 g/mol. The molecule has 0 atom stereocenters. The number of fused-ring (bicyclic) bond motifs is 1. The Hall–Kier alpha value is -3.79. The van der Waals surface area contributed by atoms with Gasteiger partial charge >= 0.3 is 0 Å². The van der Waals surface area contributed by atoms with Crippen LogP contribution >= 0.6 is 0 Å². The number of nitrogen functional groups attached to an aromatic ring is 1. The summed E-state index contributed by atoms with van der Waals surface area (Å²) >= 11 is 0. The molecule has 3 N–H and O–H groups in total. The molecule has 31 heavy (non-hydrogen) atoms. The molecule has 0 fully saturated rings. The van der Waals surface area contributed by atoms with Crippen LogP contribution < -0.4 is 15.8 Å². The highest BCUT2D eigenvalue weighted by molar-refractivity contribution is 5.99. The summed E-state index contributed by atoms with van der Waals surface area (Å²) in [5.41, 5.74) is 7.65. The Kier molecular flexibility index (Phi) is 5.63. The molecule has 2 heterocycles. The lowest BCUT2D eigenvalue weighted by Gasteiger charge is -2.10. The fraction of sp³-hybridized carbons (Fsp3) is 0.190. The minimum Gasteiger partial charge on any atom is -0.497 e. The maximum Gasteiger partial charge on any atom is 0.225 e. The zero-order valence-corrected chi connectivity index (χ0v) is 16.9. The van der Waals surface area contributed by atoms with E-state index >= 15 is 0 Å². The molecule has 4 aromatic rings. The van der Waals surface area contributed by atoms with Gasteiger partial charge < -0.3 is 20.5 Å². The van der Waals surface area contributed by atoms with E-state index in [1.54, 1.807) is 19.2 Å². The second-order valence-electron chi connectivity index (χ2n) is 6.63. The van der Waals surface area contributed by atoms with Gasteiger partial charge in [0.25, 0.3) is 0 Å². The lowest BCUT2D eigenvalue weighted by molar-refractivity contribution is 0.210. The number of hydrogen-bond acceptors (Lipinski definition) is 7. The van der Waals surface area contributed by atoms with E-state index in [4.69, 9.17) is 15.2 Å². The highest BCUT2D eigenvalue weighted by Gasteiger charge is 2.21. The fourth-order valence-corrected chi connectivity index (χ4v) is 3.14. The Bertz CT molecular complexity index is 1230. The maximum atomic E-state index is 14.9. The molecule has 4 rings (SSSR count). The third-order valence-electron chi connectivity index (χ3n) is 4.66. The maximum absolute atomic E-state index is 14.9. The average molecular weight is 426 g/mol. The van der Waals surface area contributed by atoms with Crippen molar-refractivity contribution in [2.24, 2.45) is 0 Å². The number of hydrogen-bond donors (Lipinski definition) is 2. The lowest BCUT2D eigenvalue weighted by atomic mass is 10.1. The number of nitrogens with zero attached hydrogens (tertiary/aromatic N) is 4. The minimum atomic E-state index is -0.531. The van der Waals surface area contributed by atoms with Crippen molar-refractivity contribution in [1.82, 2.24) is 19.7 Å². The highest BCUT2D eigenvalue weighted by atomic mass is 19.1. The summed E-state index contributed by atoms with van der Waals surface area (Å²) in [5.74, 6) is -0.0886. The molecule has 10 heteroatoms. The molecule has 0 aliphatic rings. The van der Waals surface area contributed by atoms with Crippen LogP contribution in [0.2, 0.25) is 0 Å². The van der Waals surface area contributed by atoms with Gasteiger partial charge in [-0.3, -0.25) is 0 Å². The predicted molar refractivity (Wildman–Crippen MR) is 113 cm³/mol. The normalized spacial score (nSPS) is 11.1. The summed E-state index contributed by atoms with van der Waals surface area (Å²) in [6.45, 7) is 0.875. The van der Waals surface area contributed by atoms with Crippen molar-refractivity contribution in [2.75, 3.05) is 38.4 Å². The zero-order chi connectivity index (χ0) is 22.0. The van der Waals surface area contributed by atoms with Crippen molar-refractivity contribution < 1.29 is 18.3 Å². The van der Waals surface area contributed by atoms with Crippen LogP contribution in [-0.2, 0) is 4.74 Å². The first-order valence-corrected chi connectivity index (χ1v) is 9.40. The number of benzene rings is 2. The molecule has 0 amide bonds. The number of nitrogens with one attached hydrogen (secondary N) is 1. The van der Waals surface area contributed by atoms with E-state index in [0.29, 0.717) is 30.0 Å². The summed E-state index contributed by atoms with van der Waals surface area (Å²) in [7, 11) is 3.04. The van der Waals surface area contributed by atoms with E-state index in [9.17, 15) is 8.78 Å². The van der Waals surface area contributed by atoms with Gasteiger partial charge in [-0.2, -0.15) is 4.98 Å². The van der Waals surface area contributed by atoms with Crippen molar-refractivity contribution >= 4 is 22.8 Å². The van der Waals surface area contributed by atoms with E-state index in [1.165, 1.54) is 42.1 Å². The first kappa shape index (κ1) is 20.5. The van der Waals surface area contributed by atoms with Crippen LogP contribution in [0.15, 0.2) is 42.5 Å². The van der Waals surface area contributed by atoms with Crippen molar-refractivity contribution in [1.29, 1.82) is 0 Å². The molecule has 0 aliphatic carbocycles. The highest BCUT2D eigenvalue weighted by Crippen LogP contribution is 2.35. The van der Waals surface area contributed by atoms with Gasteiger partial charge in [0.15, 0.2) is 5.65 Å². The van der Waals surface area contributed by atoms with Crippen LogP contribution in [0, 0.1) is 11.6 Å². The van der Waals surface area contributed by atoms with Crippen LogP contribution in [0.5, 0.6) is 5.75 Å². The molecule has 0 spiro atoms. The second kappa shape index (κ2) is 8.52. The molecule has 2 aromatic carbocycles. The Morgan fingerprint density at radius 3 is 2.52 bits per heavy atom. The summed E-state index contributed by atoms with van der Waals surface area (Å²) in [6.07, 6.45) is 0. The van der Waals surface area contributed by atoms with Gasteiger partial charge in [-0.05, 0) is 36.4 Å². The number of anilines is 2. The molecule has 0 saturated carbocycles. The quantitative estimate of drug-likeness (QED) is 0.437. The van der Waals surface area contributed by atoms with Crippen LogP contribution in [0.4, 0.5) is 20.5 Å². The van der Waals surface area contributed by atoms with Crippen LogP contribution in [0.1, 0.15) is 0 Å². The van der Waals surface area contributed by atoms with Gasteiger partial charge in [0.1, 0.15) is 23.2 Å². The molecule has 160 valence electrons. The molecule has 0 bridgehead atoms. The Labute approximate surface area is 176 Å². The third-order valence-corrected chi connectivity index (χ3v) is 4.66. The largest absolute Gasteiger partial charge is 0.497 e. The molecule has 0 aliphatic heterocycles. The molecule has 8 nitrogen and oxygen atoms in total. The van der Waals surface area contributed by atoms with Gasteiger partial charge in [-0.15, -0.1) is 5.10 Å².